The number of hydrogen-bond donors (Lipinski definition) is 7. The Hall–Kier alpha value is -4.99. The summed E-state index contributed by atoms with van der Waals surface area (Å²) in [6.45, 7) is 11.2. The zero-order valence-corrected chi connectivity index (χ0v) is 32.2. The molecule has 8 N–H and O–H groups in total. The minimum Gasteiger partial charge on any atom is -0.508 e. The molecule has 2 heterocycles. The van der Waals surface area contributed by atoms with Gasteiger partial charge < -0.3 is 46.7 Å². The van der Waals surface area contributed by atoms with E-state index in [1.807, 2.05) is 13.8 Å². The van der Waals surface area contributed by atoms with Crippen LogP contribution in [0.5, 0.6) is 5.75 Å². The van der Waals surface area contributed by atoms with Crippen LogP contribution in [0.1, 0.15) is 84.9 Å². The number of benzene rings is 1. The molecule has 1 fully saturated rings. The van der Waals surface area contributed by atoms with Gasteiger partial charge in [-0.2, -0.15) is 0 Å². The van der Waals surface area contributed by atoms with E-state index in [-0.39, 0.29) is 37.7 Å². The van der Waals surface area contributed by atoms with E-state index in [2.05, 4.69) is 31.2 Å². The zero-order chi connectivity index (χ0) is 39.9. The number of esters is 1. The number of rotatable bonds is 20. The van der Waals surface area contributed by atoms with E-state index >= 15 is 0 Å². The predicted octanol–water partition coefficient (Wildman–Crippen LogP) is 1.22. The van der Waals surface area contributed by atoms with Crippen LogP contribution in [-0.2, 0) is 46.3 Å². The molecule has 0 aliphatic carbocycles. The maximum absolute atomic E-state index is 14.2. The van der Waals surface area contributed by atoms with Gasteiger partial charge in [0, 0.05) is 31.3 Å². The molecule has 0 radical (unpaired) electrons. The SMILES string of the molecule is CCCCOC(=O)[C@@H](C)NC(=O)[C@@H]1CCCN1C(=O)[C@H](Cc1cnc[nH]1)NC(=O)[C@@H](NC(=O)[C@H](Cc1ccc(O)cc1)NC(=O)[C@@H](N)C(C)C)C(C)CC. The molecule has 16 heteroatoms. The third-order valence-electron chi connectivity index (χ3n) is 9.71. The second kappa shape index (κ2) is 21.0. The van der Waals surface area contributed by atoms with E-state index < -0.39 is 77.7 Å². The minimum atomic E-state index is -1.15. The van der Waals surface area contributed by atoms with Gasteiger partial charge >= 0.3 is 5.97 Å². The predicted molar refractivity (Wildman–Crippen MR) is 200 cm³/mol. The highest BCUT2D eigenvalue weighted by atomic mass is 16.5. The van der Waals surface area contributed by atoms with Crippen molar-refractivity contribution in [3.05, 3.63) is 48.0 Å². The number of phenolic OH excluding ortho intramolecular Hbond substituents is 1. The van der Waals surface area contributed by atoms with Gasteiger partial charge in [-0.25, -0.2) is 9.78 Å². The molecule has 1 unspecified atom stereocenters. The van der Waals surface area contributed by atoms with Crippen LogP contribution in [-0.4, -0.2) is 105 Å². The molecule has 54 heavy (non-hydrogen) atoms. The number of carbonyl (C=O) groups excluding carboxylic acids is 6. The topological polar surface area (TPSA) is 238 Å². The Kier molecular flexibility index (Phi) is 16.9. The molecule has 0 spiro atoms. The van der Waals surface area contributed by atoms with Gasteiger partial charge in [0.1, 0.15) is 36.0 Å². The zero-order valence-electron chi connectivity index (χ0n) is 32.2. The molecule has 3 rings (SSSR count). The van der Waals surface area contributed by atoms with Gasteiger partial charge in [0.25, 0.3) is 0 Å². The van der Waals surface area contributed by atoms with Crippen molar-refractivity contribution in [3.63, 3.8) is 0 Å². The Morgan fingerprint density at radius 3 is 2.24 bits per heavy atom. The van der Waals surface area contributed by atoms with E-state index in [9.17, 15) is 33.9 Å². The fourth-order valence-electron chi connectivity index (χ4n) is 6.00. The summed E-state index contributed by atoms with van der Waals surface area (Å²) >= 11 is 0. The third-order valence-corrected chi connectivity index (χ3v) is 9.71. The number of nitrogens with zero attached hydrogens (tertiary/aromatic N) is 2. The lowest BCUT2D eigenvalue weighted by molar-refractivity contribution is -0.148. The van der Waals surface area contributed by atoms with Crippen LogP contribution in [0.25, 0.3) is 0 Å². The highest BCUT2D eigenvalue weighted by Crippen LogP contribution is 2.21. The first-order valence-electron chi connectivity index (χ1n) is 18.9. The van der Waals surface area contributed by atoms with Crippen molar-refractivity contribution >= 4 is 35.5 Å². The molecule has 5 amide bonds. The molecule has 1 aliphatic rings. The highest BCUT2D eigenvalue weighted by Gasteiger charge is 2.40. The summed E-state index contributed by atoms with van der Waals surface area (Å²) in [5.74, 6) is -3.95. The third kappa shape index (κ3) is 12.6. The Bertz CT molecular complexity index is 1550. The standard InChI is InChI=1S/C38H58N8O8/c1-7-9-17-54-38(53)24(6)42-34(49)30-11-10-16-46(30)37(52)29(19-26-20-40-21-41-26)44-36(51)32(23(5)8-2)45-33(48)28(43-35(50)31(39)22(3)4)18-25-12-14-27(47)15-13-25/h12-15,20-24,28-32,47H,7-11,16-19,39H2,1-6H3,(H,40,41)(H,42,49)(H,43,50)(H,44,51)(H,45,48)/t23?,24-,28+,29+,30+,31+,32+/m1/s1. The maximum atomic E-state index is 14.2. The monoisotopic (exact) mass is 754 g/mol. The fourth-order valence-corrected chi connectivity index (χ4v) is 6.00. The van der Waals surface area contributed by atoms with Crippen molar-refractivity contribution in [1.29, 1.82) is 0 Å². The lowest BCUT2D eigenvalue weighted by Crippen LogP contribution is -2.61. The van der Waals surface area contributed by atoms with Crippen LogP contribution in [0, 0.1) is 11.8 Å². The van der Waals surface area contributed by atoms with E-state index in [1.165, 1.54) is 36.5 Å². The lowest BCUT2D eigenvalue weighted by atomic mass is 9.96. The lowest BCUT2D eigenvalue weighted by Gasteiger charge is -2.31. The second-order valence-corrected chi connectivity index (χ2v) is 14.4. The molecule has 298 valence electrons. The van der Waals surface area contributed by atoms with Crippen molar-refractivity contribution in [3.8, 4) is 5.75 Å². The number of nitrogens with one attached hydrogen (secondary N) is 5. The molecule has 1 aliphatic heterocycles. The van der Waals surface area contributed by atoms with Gasteiger partial charge in [0.05, 0.1) is 19.0 Å². The van der Waals surface area contributed by atoms with Crippen molar-refractivity contribution in [2.24, 2.45) is 17.6 Å². The smallest absolute Gasteiger partial charge is 0.328 e. The number of hydrogen-bond acceptors (Lipinski definition) is 10. The number of aromatic hydroxyl groups is 1. The van der Waals surface area contributed by atoms with Crippen LogP contribution < -0.4 is 27.0 Å². The first-order valence-corrected chi connectivity index (χ1v) is 18.9. The molecule has 1 aromatic carbocycles. The molecule has 16 nitrogen and oxygen atoms in total. The first-order chi connectivity index (χ1) is 25.7. The number of amides is 5. The Morgan fingerprint density at radius 1 is 0.944 bits per heavy atom. The van der Waals surface area contributed by atoms with E-state index in [1.54, 1.807) is 32.9 Å². The quantitative estimate of drug-likeness (QED) is 0.0754. The van der Waals surface area contributed by atoms with Crippen LogP contribution in [0.3, 0.4) is 0 Å². The van der Waals surface area contributed by atoms with Gasteiger partial charge in [-0.3, -0.25) is 24.0 Å². The van der Waals surface area contributed by atoms with Crippen LogP contribution in [0.4, 0.5) is 0 Å². The number of aromatic amines is 1. The van der Waals surface area contributed by atoms with Crippen molar-refractivity contribution in [1.82, 2.24) is 36.1 Å². The molecule has 2 aromatic rings. The number of phenols is 1. The number of nitrogens with two attached hydrogens (primary N) is 1. The Morgan fingerprint density at radius 2 is 1.63 bits per heavy atom. The number of carbonyl (C=O) groups is 6. The van der Waals surface area contributed by atoms with E-state index in [0.717, 1.165) is 6.42 Å². The van der Waals surface area contributed by atoms with Crippen molar-refractivity contribution in [2.45, 2.75) is 123 Å². The summed E-state index contributed by atoms with van der Waals surface area (Å²) in [4.78, 5) is 89.5. The molecular formula is C38H58N8O8. The molecule has 0 bridgehead atoms. The minimum absolute atomic E-state index is 0.0172. The number of ether oxygens (including phenoxy) is 1. The van der Waals surface area contributed by atoms with Gasteiger partial charge in [-0.1, -0.05) is 59.6 Å². The molecule has 1 aromatic heterocycles. The van der Waals surface area contributed by atoms with Crippen LogP contribution >= 0.6 is 0 Å². The summed E-state index contributed by atoms with van der Waals surface area (Å²) in [6.07, 6.45) is 5.96. The average Bonchev–Trinajstić information content (AvgIpc) is 3.86. The Balaban J connectivity index is 1.83. The van der Waals surface area contributed by atoms with Crippen molar-refractivity contribution < 1.29 is 38.6 Å². The number of unbranched alkanes of at least 4 members (excludes halogenated alkanes) is 1. The highest BCUT2D eigenvalue weighted by molar-refractivity contribution is 5.97. The second-order valence-electron chi connectivity index (χ2n) is 14.4. The molecule has 0 saturated carbocycles. The van der Waals surface area contributed by atoms with Gasteiger partial charge in [-0.15, -0.1) is 0 Å². The summed E-state index contributed by atoms with van der Waals surface area (Å²) in [6, 6.07) is 0.114. The normalized spacial score (nSPS) is 17.4. The summed E-state index contributed by atoms with van der Waals surface area (Å²) in [5.41, 5.74) is 7.29. The van der Waals surface area contributed by atoms with E-state index in [4.69, 9.17) is 10.5 Å². The molecule has 1 saturated heterocycles. The average molecular weight is 755 g/mol. The summed E-state index contributed by atoms with van der Waals surface area (Å²) in [7, 11) is 0. The number of imidazole rings is 1. The molecule has 7 atom stereocenters. The maximum Gasteiger partial charge on any atom is 0.328 e. The molecular weight excluding hydrogens is 696 g/mol. The largest absolute Gasteiger partial charge is 0.508 e. The van der Waals surface area contributed by atoms with Gasteiger partial charge in [0.15, 0.2) is 0 Å². The summed E-state index contributed by atoms with van der Waals surface area (Å²) < 4.78 is 5.23. The number of aromatic nitrogens is 2. The summed E-state index contributed by atoms with van der Waals surface area (Å²) in [5, 5.41) is 20.8. The van der Waals surface area contributed by atoms with Crippen LogP contribution in [0.15, 0.2) is 36.8 Å². The Labute approximate surface area is 317 Å². The van der Waals surface area contributed by atoms with Crippen LogP contribution in [0.2, 0.25) is 0 Å². The first kappa shape index (κ1) is 43.4. The fraction of sp³-hybridized carbons (Fsp3) is 0.605. The number of H-pyrrole nitrogens is 1. The van der Waals surface area contributed by atoms with Gasteiger partial charge in [0.2, 0.25) is 29.5 Å². The number of likely N-dealkylation sites (tertiary alicyclic amines) is 1. The van der Waals surface area contributed by atoms with Crippen molar-refractivity contribution in [2.75, 3.05) is 13.2 Å². The van der Waals surface area contributed by atoms with Gasteiger partial charge in [-0.05, 0) is 55.7 Å². The van der Waals surface area contributed by atoms with E-state index in [0.29, 0.717) is 36.9 Å².